The van der Waals surface area contributed by atoms with Gasteiger partial charge in [-0.15, -0.1) is 0 Å². The van der Waals surface area contributed by atoms with E-state index in [0.29, 0.717) is 5.56 Å². The zero-order valence-corrected chi connectivity index (χ0v) is 10.7. The third-order valence-electron chi connectivity index (χ3n) is 2.86. The monoisotopic (exact) mass is 255 g/mol. The highest BCUT2D eigenvalue weighted by Gasteiger charge is 1.99. The Bertz CT molecular complexity index is 523. The number of benzene rings is 1. The third kappa shape index (κ3) is 4.19. The van der Waals surface area contributed by atoms with Crippen molar-refractivity contribution in [1.82, 2.24) is 10.3 Å². The number of amides is 1. The van der Waals surface area contributed by atoms with E-state index in [-0.39, 0.29) is 5.91 Å². The van der Waals surface area contributed by atoms with Crippen molar-refractivity contribution in [3.05, 3.63) is 65.5 Å². The molecule has 1 amide bonds. The summed E-state index contributed by atoms with van der Waals surface area (Å²) >= 11 is 0. The van der Waals surface area contributed by atoms with Crippen LogP contribution < -0.4 is 11.1 Å². The van der Waals surface area contributed by atoms with Crippen LogP contribution in [0.5, 0.6) is 0 Å². The van der Waals surface area contributed by atoms with Crippen LogP contribution in [0.4, 0.5) is 0 Å². The molecular weight excluding hydrogens is 238 g/mol. The summed E-state index contributed by atoms with van der Waals surface area (Å²) in [7, 11) is 0. The van der Waals surface area contributed by atoms with Gasteiger partial charge in [0, 0.05) is 18.3 Å². The summed E-state index contributed by atoms with van der Waals surface area (Å²) in [4.78, 5) is 15.2. The van der Waals surface area contributed by atoms with E-state index in [4.69, 9.17) is 5.73 Å². The van der Waals surface area contributed by atoms with E-state index in [2.05, 4.69) is 10.3 Å². The van der Waals surface area contributed by atoms with E-state index in [1.165, 1.54) is 5.56 Å². The van der Waals surface area contributed by atoms with Crippen LogP contribution in [0.2, 0.25) is 0 Å². The van der Waals surface area contributed by atoms with Gasteiger partial charge >= 0.3 is 0 Å². The topological polar surface area (TPSA) is 68.0 Å². The Kier molecular flexibility index (Phi) is 4.64. The number of pyridine rings is 1. The Balaban J connectivity index is 1.75. The van der Waals surface area contributed by atoms with Crippen molar-refractivity contribution in [3.8, 4) is 0 Å². The third-order valence-corrected chi connectivity index (χ3v) is 2.86. The molecule has 0 bridgehead atoms. The molecule has 2 rings (SSSR count). The van der Waals surface area contributed by atoms with Gasteiger partial charge in [-0.2, -0.15) is 0 Å². The quantitative estimate of drug-likeness (QED) is 0.769. The van der Waals surface area contributed by atoms with Gasteiger partial charge in [-0.3, -0.25) is 9.78 Å². The number of carbonyl (C=O) groups excluding carboxylic acids is 1. The van der Waals surface area contributed by atoms with E-state index >= 15 is 0 Å². The lowest BCUT2D eigenvalue weighted by Crippen LogP contribution is -2.17. The van der Waals surface area contributed by atoms with Gasteiger partial charge in [-0.1, -0.05) is 18.2 Å². The number of carbonyl (C=O) groups is 1. The largest absolute Gasteiger partial charge is 0.366 e. The molecule has 0 saturated heterocycles. The fourth-order valence-electron chi connectivity index (χ4n) is 1.79. The maximum Gasteiger partial charge on any atom is 0.248 e. The molecule has 1 aromatic carbocycles. The maximum atomic E-state index is 10.9. The molecule has 19 heavy (non-hydrogen) atoms. The normalized spacial score (nSPS) is 10.3. The number of hydrogen-bond donors (Lipinski definition) is 2. The zero-order valence-electron chi connectivity index (χ0n) is 10.7. The number of rotatable bonds is 6. The first-order valence-corrected chi connectivity index (χ1v) is 6.25. The van der Waals surface area contributed by atoms with Crippen molar-refractivity contribution < 1.29 is 4.79 Å². The highest BCUT2D eigenvalue weighted by Crippen LogP contribution is 2.04. The van der Waals surface area contributed by atoms with E-state index in [1.807, 2.05) is 30.3 Å². The molecule has 1 heterocycles. The van der Waals surface area contributed by atoms with Gasteiger partial charge < -0.3 is 11.1 Å². The number of nitrogens with one attached hydrogen (secondary N) is 1. The predicted octanol–water partition coefficient (Wildman–Crippen LogP) is 1.51. The van der Waals surface area contributed by atoms with Crippen LogP contribution >= 0.6 is 0 Å². The van der Waals surface area contributed by atoms with Crippen LogP contribution in [0.3, 0.4) is 0 Å². The van der Waals surface area contributed by atoms with Gasteiger partial charge in [0.15, 0.2) is 0 Å². The standard InChI is InChI=1S/C15H17N3O/c16-15(19)13-6-4-12(5-7-13)8-10-17-11-14-3-1-2-9-18-14/h1-7,9,17H,8,10-11H2,(H2,16,19). The molecule has 0 unspecified atom stereocenters. The number of nitrogens with zero attached hydrogens (tertiary/aromatic N) is 1. The minimum Gasteiger partial charge on any atom is -0.366 e. The molecule has 4 nitrogen and oxygen atoms in total. The van der Waals surface area contributed by atoms with Crippen molar-refractivity contribution >= 4 is 5.91 Å². The molecule has 0 aliphatic carbocycles. The number of hydrogen-bond acceptors (Lipinski definition) is 3. The zero-order chi connectivity index (χ0) is 13.5. The van der Waals surface area contributed by atoms with Crippen molar-refractivity contribution in [2.45, 2.75) is 13.0 Å². The molecule has 1 aromatic heterocycles. The Hall–Kier alpha value is -2.20. The molecule has 0 atom stereocenters. The lowest BCUT2D eigenvalue weighted by molar-refractivity contribution is 0.100. The molecule has 0 spiro atoms. The highest BCUT2D eigenvalue weighted by atomic mass is 16.1. The van der Waals surface area contributed by atoms with Gasteiger partial charge in [0.25, 0.3) is 0 Å². The first kappa shape index (κ1) is 13.2. The summed E-state index contributed by atoms with van der Waals surface area (Å²) in [5.74, 6) is -0.389. The molecule has 0 fully saturated rings. The van der Waals surface area contributed by atoms with Crippen LogP contribution in [0.1, 0.15) is 21.6 Å². The molecule has 0 saturated carbocycles. The Labute approximate surface area is 112 Å². The van der Waals surface area contributed by atoms with E-state index in [1.54, 1.807) is 18.3 Å². The molecule has 4 heteroatoms. The summed E-state index contributed by atoms with van der Waals surface area (Å²) in [5.41, 5.74) is 7.95. The van der Waals surface area contributed by atoms with Crippen LogP contribution in [-0.4, -0.2) is 17.4 Å². The first-order chi connectivity index (χ1) is 9.25. The summed E-state index contributed by atoms with van der Waals surface area (Å²) in [6, 6.07) is 13.3. The minimum absolute atomic E-state index is 0.389. The lowest BCUT2D eigenvalue weighted by atomic mass is 10.1. The van der Waals surface area contributed by atoms with Crippen molar-refractivity contribution in [2.75, 3.05) is 6.54 Å². The van der Waals surface area contributed by atoms with Gasteiger partial charge in [0.2, 0.25) is 5.91 Å². The summed E-state index contributed by atoms with van der Waals surface area (Å²) < 4.78 is 0. The second-order valence-corrected chi connectivity index (χ2v) is 4.31. The molecule has 2 aromatic rings. The maximum absolute atomic E-state index is 10.9. The Morgan fingerprint density at radius 1 is 1.16 bits per heavy atom. The van der Waals surface area contributed by atoms with E-state index < -0.39 is 0 Å². The van der Waals surface area contributed by atoms with Gasteiger partial charge in [0.05, 0.1) is 5.69 Å². The van der Waals surface area contributed by atoms with Crippen molar-refractivity contribution in [1.29, 1.82) is 0 Å². The smallest absolute Gasteiger partial charge is 0.248 e. The van der Waals surface area contributed by atoms with Gasteiger partial charge in [0.1, 0.15) is 0 Å². The van der Waals surface area contributed by atoms with Gasteiger partial charge in [-0.05, 0) is 42.8 Å². The SMILES string of the molecule is NC(=O)c1ccc(CCNCc2ccccn2)cc1. The summed E-state index contributed by atoms with van der Waals surface area (Å²) in [6.45, 7) is 1.63. The average molecular weight is 255 g/mol. The summed E-state index contributed by atoms with van der Waals surface area (Å²) in [6.07, 6.45) is 2.70. The van der Waals surface area contributed by atoms with E-state index in [9.17, 15) is 4.79 Å². The second-order valence-electron chi connectivity index (χ2n) is 4.31. The molecule has 98 valence electrons. The fourth-order valence-corrected chi connectivity index (χ4v) is 1.79. The number of aromatic nitrogens is 1. The summed E-state index contributed by atoms with van der Waals surface area (Å²) in [5, 5.41) is 3.33. The molecule has 0 aliphatic heterocycles. The highest BCUT2D eigenvalue weighted by molar-refractivity contribution is 5.92. The molecule has 3 N–H and O–H groups in total. The number of primary amides is 1. The average Bonchev–Trinajstić information content (AvgIpc) is 2.45. The van der Waals surface area contributed by atoms with Gasteiger partial charge in [-0.25, -0.2) is 0 Å². The minimum atomic E-state index is -0.389. The fraction of sp³-hybridized carbons (Fsp3) is 0.200. The van der Waals surface area contributed by atoms with Crippen LogP contribution in [0.25, 0.3) is 0 Å². The lowest BCUT2D eigenvalue weighted by Gasteiger charge is -2.05. The van der Waals surface area contributed by atoms with Crippen molar-refractivity contribution in [2.24, 2.45) is 5.73 Å². The molecule has 0 radical (unpaired) electrons. The first-order valence-electron chi connectivity index (χ1n) is 6.25. The molecule has 0 aliphatic rings. The molecular formula is C15H17N3O. The predicted molar refractivity (Wildman–Crippen MR) is 74.6 cm³/mol. The van der Waals surface area contributed by atoms with Crippen LogP contribution in [-0.2, 0) is 13.0 Å². The van der Waals surface area contributed by atoms with Crippen LogP contribution in [0.15, 0.2) is 48.7 Å². The van der Waals surface area contributed by atoms with E-state index in [0.717, 1.165) is 25.2 Å². The second kappa shape index (κ2) is 6.66. The van der Waals surface area contributed by atoms with Crippen LogP contribution in [0, 0.1) is 0 Å². The Morgan fingerprint density at radius 3 is 2.58 bits per heavy atom. The number of nitrogens with two attached hydrogens (primary N) is 1. The Morgan fingerprint density at radius 2 is 1.95 bits per heavy atom. The van der Waals surface area contributed by atoms with Crippen molar-refractivity contribution in [3.63, 3.8) is 0 Å².